The van der Waals surface area contributed by atoms with E-state index in [0.717, 1.165) is 26.1 Å². The molecule has 0 radical (unpaired) electrons. The molecule has 8 heteroatoms. The number of hydrogen-bond donors (Lipinski definition) is 1. The van der Waals surface area contributed by atoms with E-state index in [1.165, 1.54) is 4.31 Å². The number of aromatic nitrogens is 1. The van der Waals surface area contributed by atoms with Crippen LogP contribution in [-0.4, -0.2) is 43.9 Å². The maximum absolute atomic E-state index is 11.5. The van der Waals surface area contributed by atoms with Gasteiger partial charge in [-0.15, -0.1) is 11.3 Å². The van der Waals surface area contributed by atoms with Gasteiger partial charge in [-0.3, -0.25) is 0 Å². The number of fused-ring (bicyclic) bond motifs is 2. The van der Waals surface area contributed by atoms with Crippen LogP contribution in [0.25, 0.3) is 20.8 Å². The van der Waals surface area contributed by atoms with Crippen LogP contribution in [0.5, 0.6) is 0 Å². The maximum atomic E-state index is 11.5. The molecule has 2 aliphatic heterocycles. The fourth-order valence-corrected chi connectivity index (χ4v) is 4.69. The van der Waals surface area contributed by atoms with Gasteiger partial charge in [0.15, 0.2) is 18.8 Å². The van der Waals surface area contributed by atoms with Crippen molar-refractivity contribution in [2.45, 2.75) is 0 Å². The standard InChI is InChI=1S/C16H17N4O2S2/c17-24(21,22)20-10-8-19(9-11-20)13-5-3-7-15-16(13)18-12-4-1-2-6-14(12)23-15/h1-7H,8-11H2,(H2,17,21,22)/q+1. The normalized spacial score (nSPS) is 16.8. The number of piperazine rings is 1. The third kappa shape index (κ3) is 2.82. The van der Waals surface area contributed by atoms with E-state index in [2.05, 4.69) is 16.7 Å². The Morgan fingerprint density at radius 2 is 1.83 bits per heavy atom. The second-order valence-corrected chi connectivity index (χ2v) is 8.37. The molecule has 0 atom stereocenters. The van der Waals surface area contributed by atoms with Gasteiger partial charge >= 0.3 is 0 Å². The highest BCUT2D eigenvalue weighted by molar-refractivity contribution is 7.86. The van der Waals surface area contributed by atoms with E-state index in [9.17, 15) is 8.42 Å². The van der Waals surface area contributed by atoms with E-state index >= 15 is 0 Å². The summed E-state index contributed by atoms with van der Waals surface area (Å²) in [4.78, 5) is 5.96. The van der Waals surface area contributed by atoms with Gasteiger partial charge < -0.3 is 0 Å². The number of nitrogens with two attached hydrogens (primary N) is 1. The zero-order chi connectivity index (χ0) is 16.7. The first kappa shape index (κ1) is 15.6. The van der Waals surface area contributed by atoms with E-state index in [0.29, 0.717) is 26.2 Å². The largest absolute Gasteiger partial charge is 0.277 e. The molecule has 0 unspecified atom stereocenters. The molecule has 1 aliphatic carbocycles. The smallest absolute Gasteiger partial charge is 0.239 e. The summed E-state index contributed by atoms with van der Waals surface area (Å²) in [6.45, 7) is 2.00. The lowest BCUT2D eigenvalue weighted by Crippen LogP contribution is -2.52. The van der Waals surface area contributed by atoms with E-state index in [-0.39, 0.29) is 0 Å². The molecule has 1 fully saturated rings. The summed E-state index contributed by atoms with van der Waals surface area (Å²) in [5.74, 6) is 0. The summed E-state index contributed by atoms with van der Waals surface area (Å²) in [7, 11) is -3.61. The Hall–Kier alpha value is -1.87. The Morgan fingerprint density at radius 1 is 1.08 bits per heavy atom. The van der Waals surface area contributed by atoms with Crippen molar-refractivity contribution in [1.82, 2.24) is 13.9 Å². The second kappa shape index (κ2) is 5.89. The lowest BCUT2D eigenvalue weighted by atomic mass is 10.2. The van der Waals surface area contributed by atoms with Crippen molar-refractivity contribution < 1.29 is 8.42 Å². The van der Waals surface area contributed by atoms with Gasteiger partial charge in [0.1, 0.15) is 0 Å². The molecule has 2 heterocycles. The van der Waals surface area contributed by atoms with Gasteiger partial charge in [-0.2, -0.15) is 12.7 Å². The minimum atomic E-state index is -3.61. The highest BCUT2D eigenvalue weighted by Gasteiger charge is 2.27. The Labute approximate surface area is 144 Å². The Bertz CT molecular complexity index is 1050. The second-order valence-electron chi connectivity index (χ2n) is 5.74. The first-order valence-electron chi connectivity index (χ1n) is 7.67. The molecule has 4 rings (SSSR count). The lowest BCUT2D eigenvalue weighted by molar-refractivity contribution is 0.330. The average molecular weight is 361 g/mol. The van der Waals surface area contributed by atoms with E-state index < -0.39 is 10.2 Å². The molecule has 3 aliphatic rings. The van der Waals surface area contributed by atoms with E-state index in [1.807, 2.05) is 30.3 Å². The van der Waals surface area contributed by atoms with Crippen molar-refractivity contribution in [3.8, 4) is 10.6 Å². The van der Waals surface area contributed by atoms with Crippen molar-refractivity contribution in [2.75, 3.05) is 26.2 Å². The maximum Gasteiger partial charge on any atom is 0.277 e. The molecule has 2 N–H and O–H groups in total. The molecule has 24 heavy (non-hydrogen) atoms. The molecule has 0 saturated carbocycles. The average Bonchev–Trinajstić information content (AvgIpc) is 2.59. The molecule has 124 valence electrons. The fourth-order valence-electron chi connectivity index (χ4n) is 3.02. The third-order valence-electron chi connectivity index (χ3n) is 4.23. The van der Waals surface area contributed by atoms with Crippen LogP contribution in [-0.2, 0) is 10.2 Å². The third-order valence-corrected chi connectivity index (χ3v) is 6.43. The molecule has 1 aromatic rings. The predicted octanol–water partition coefficient (Wildman–Crippen LogP) is 0.692. The molecule has 0 spiro atoms. The van der Waals surface area contributed by atoms with E-state index in [1.54, 1.807) is 11.3 Å². The summed E-state index contributed by atoms with van der Waals surface area (Å²) < 4.78 is 27.6. The summed E-state index contributed by atoms with van der Waals surface area (Å²) in [5.41, 5.74) is 1.94. The Kier molecular flexibility index (Phi) is 3.84. The lowest BCUT2D eigenvalue weighted by Gasteiger charge is -2.22. The molecule has 6 nitrogen and oxygen atoms in total. The first-order chi connectivity index (χ1) is 11.5. The molecular formula is C16H17N4O2S2+. The Morgan fingerprint density at radius 3 is 2.58 bits per heavy atom. The highest BCUT2D eigenvalue weighted by Crippen LogP contribution is 2.27. The van der Waals surface area contributed by atoms with E-state index in [4.69, 9.17) is 10.1 Å². The summed E-state index contributed by atoms with van der Waals surface area (Å²) in [6, 6.07) is 14.2. The molecule has 0 bridgehead atoms. The number of hydrogen-bond acceptors (Lipinski definition) is 4. The van der Waals surface area contributed by atoms with Crippen molar-refractivity contribution >= 4 is 31.8 Å². The van der Waals surface area contributed by atoms with Gasteiger partial charge in [0.25, 0.3) is 10.2 Å². The molecule has 0 aromatic heterocycles. The first-order valence-corrected chi connectivity index (χ1v) is 9.99. The number of benzene rings is 2. The van der Waals surface area contributed by atoms with Gasteiger partial charge in [0, 0.05) is 6.07 Å². The summed E-state index contributed by atoms with van der Waals surface area (Å²) in [5, 5.41) is 6.26. The molecular weight excluding hydrogens is 344 g/mol. The highest BCUT2D eigenvalue weighted by atomic mass is 32.2. The summed E-state index contributed by atoms with van der Waals surface area (Å²) >= 11 is 1.72. The molecule has 0 amide bonds. The SMILES string of the molecule is NS(=O)(=O)N1CC[N+](=c2cccc3sc4ccccc4nc2-3)CC1. The fraction of sp³-hybridized carbons (Fsp3) is 0.250. The monoisotopic (exact) mass is 361 g/mol. The van der Waals surface area contributed by atoms with Gasteiger partial charge in [-0.1, -0.05) is 18.2 Å². The van der Waals surface area contributed by atoms with Gasteiger partial charge in [0.2, 0.25) is 5.36 Å². The minimum Gasteiger partial charge on any atom is -0.239 e. The van der Waals surface area contributed by atoms with Crippen LogP contribution in [0.15, 0.2) is 42.5 Å². The quantitative estimate of drug-likeness (QED) is 0.512. The van der Waals surface area contributed by atoms with Crippen LogP contribution < -0.4 is 15.1 Å². The number of rotatable bonds is 1. The predicted molar refractivity (Wildman–Crippen MR) is 95.9 cm³/mol. The van der Waals surface area contributed by atoms with Crippen molar-refractivity contribution in [2.24, 2.45) is 5.14 Å². The Balaban J connectivity index is 1.84. The van der Waals surface area contributed by atoms with Crippen LogP contribution in [0.1, 0.15) is 0 Å². The van der Waals surface area contributed by atoms with Gasteiger partial charge in [-0.25, -0.2) is 14.7 Å². The zero-order valence-corrected chi connectivity index (χ0v) is 14.6. The van der Waals surface area contributed by atoms with Crippen LogP contribution in [0, 0.1) is 0 Å². The van der Waals surface area contributed by atoms with Crippen molar-refractivity contribution in [3.63, 3.8) is 0 Å². The van der Waals surface area contributed by atoms with Gasteiger partial charge in [0.05, 0.1) is 28.2 Å². The minimum absolute atomic E-state index is 0.395. The van der Waals surface area contributed by atoms with Crippen LogP contribution in [0.2, 0.25) is 0 Å². The van der Waals surface area contributed by atoms with Crippen LogP contribution >= 0.6 is 11.3 Å². The van der Waals surface area contributed by atoms with Crippen molar-refractivity contribution in [3.05, 3.63) is 47.8 Å². The number of nitrogens with zero attached hydrogens (tertiary/aromatic N) is 3. The topological polar surface area (TPSA) is 79.3 Å². The molecule has 1 aromatic carbocycles. The number of para-hydroxylation sites is 2. The molecule has 1 saturated heterocycles. The zero-order valence-electron chi connectivity index (χ0n) is 12.9. The van der Waals surface area contributed by atoms with Gasteiger partial charge in [-0.05, 0) is 18.2 Å². The van der Waals surface area contributed by atoms with Crippen LogP contribution in [0.3, 0.4) is 0 Å². The summed E-state index contributed by atoms with van der Waals surface area (Å²) in [6.07, 6.45) is 0. The van der Waals surface area contributed by atoms with Crippen LogP contribution in [0.4, 0.5) is 0 Å². The van der Waals surface area contributed by atoms with Crippen molar-refractivity contribution in [1.29, 1.82) is 0 Å².